The van der Waals surface area contributed by atoms with Gasteiger partial charge in [-0.1, -0.05) is 45.4 Å². The summed E-state index contributed by atoms with van der Waals surface area (Å²) in [5, 5.41) is 14.7. The van der Waals surface area contributed by atoms with Crippen LogP contribution in [0.2, 0.25) is 5.02 Å². The van der Waals surface area contributed by atoms with Crippen LogP contribution >= 0.6 is 11.6 Å². The van der Waals surface area contributed by atoms with Crippen LogP contribution in [-0.2, 0) is 23.1 Å². The first-order valence-corrected chi connectivity index (χ1v) is 20.0. The zero-order valence-corrected chi connectivity index (χ0v) is 32.1. The third-order valence-electron chi connectivity index (χ3n) is 12.7. The van der Waals surface area contributed by atoms with Crippen LogP contribution in [0.4, 0.5) is 5.69 Å². The molecule has 2 aromatic carbocycles. The maximum atomic E-state index is 13.0. The summed E-state index contributed by atoms with van der Waals surface area (Å²) in [5.74, 6) is 3.23. The van der Waals surface area contributed by atoms with Crippen molar-refractivity contribution in [1.29, 1.82) is 0 Å². The van der Waals surface area contributed by atoms with Crippen molar-refractivity contribution < 1.29 is 24.1 Å². The number of carbonyl (C=O) groups is 1. The van der Waals surface area contributed by atoms with Gasteiger partial charge in [0.1, 0.15) is 11.3 Å². The lowest BCUT2D eigenvalue weighted by molar-refractivity contribution is -0.144. The van der Waals surface area contributed by atoms with Gasteiger partial charge in [-0.3, -0.25) is 4.98 Å². The number of nitrogens with one attached hydrogen (secondary N) is 1. The SMILES string of the molecule is CCN(CC)CC1COc2cc3c(cc2OC1)C1(CCC(Nc2cccc(Cl)c2)(C(=O)O)CC1)[C@@H](C[C@@H](C)COc1ccnc2c1[C@H](C)CCC2)C3. The first kappa shape index (κ1) is 36.9. The van der Waals surface area contributed by atoms with E-state index < -0.39 is 11.5 Å². The number of halogens is 1. The molecular weight excluding hydrogens is 674 g/mol. The number of anilines is 1. The second-order valence-corrected chi connectivity index (χ2v) is 16.6. The fourth-order valence-electron chi connectivity index (χ4n) is 9.76. The number of carboxylic acid groups (broad SMARTS) is 1. The molecule has 1 spiro atoms. The van der Waals surface area contributed by atoms with Crippen LogP contribution in [0.1, 0.15) is 101 Å². The lowest BCUT2D eigenvalue weighted by Gasteiger charge is -2.47. The van der Waals surface area contributed by atoms with Gasteiger partial charge >= 0.3 is 5.97 Å². The number of benzene rings is 2. The predicted octanol–water partition coefficient (Wildman–Crippen LogP) is 8.93. The van der Waals surface area contributed by atoms with E-state index in [0.717, 1.165) is 74.7 Å². The Balaban J connectivity index is 1.14. The van der Waals surface area contributed by atoms with Crippen molar-refractivity contribution in [2.24, 2.45) is 17.8 Å². The first-order chi connectivity index (χ1) is 25.1. The molecular formula is C43H56ClN3O5. The Bertz CT molecular complexity index is 1740. The highest BCUT2D eigenvalue weighted by atomic mass is 35.5. The molecule has 3 aromatic rings. The molecule has 3 aliphatic carbocycles. The second kappa shape index (κ2) is 15.5. The number of aliphatic carboxylic acids is 1. The number of hydrogen-bond acceptors (Lipinski definition) is 7. The average Bonchev–Trinajstić information content (AvgIpc) is 3.26. The Labute approximate surface area is 314 Å². The van der Waals surface area contributed by atoms with Crippen molar-refractivity contribution in [3.05, 3.63) is 76.1 Å². The number of aryl methyl sites for hydroxylation is 1. The van der Waals surface area contributed by atoms with E-state index in [1.807, 2.05) is 36.5 Å². The molecule has 0 amide bonds. The van der Waals surface area contributed by atoms with Gasteiger partial charge in [0, 0.05) is 40.6 Å². The van der Waals surface area contributed by atoms with Gasteiger partial charge in [0.2, 0.25) is 0 Å². The van der Waals surface area contributed by atoms with Crippen LogP contribution in [0.3, 0.4) is 0 Å². The normalized spacial score (nSPS) is 27.1. The van der Waals surface area contributed by atoms with Crippen molar-refractivity contribution in [2.45, 2.75) is 102 Å². The van der Waals surface area contributed by atoms with E-state index in [2.05, 4.69) is 55.0 Å². The number of ether oxygens (including phenoxy) is 3. The Morgan fingerprint density at radius 1 is 1.10 bits per heavy atom. The average molecular weight is 730 g/mol. The number of nitrogens with zero attached hydrogens (tertiary/aromatic N) is 2. The molecule has 1 fully saturated rings. The number of rotatable bonds is 12. The summed E-state index contributed by atoms with van der Waals surface area (Å²) in [5.41, 5.74) is 4.60. The van der Waals surface area contributed by atoms with Gasteiger partial charge in [0.25, 0.3) is 0 Å². The van der Waals surface area contributed by atoms with Crippen molar-refractivity contribution >= 4 is 23.3 Å². The fraction of sp³-hybridized carbons (Fsp3) is 0.581. The van der Waals surface area contributed by atoms with Gasteiger partial charge in [-0.15, -0.1) is 0 Å². The van der Waals surface area contributed by atoms with Crippen molar-refractivity contribution in [3.63, 3.8) is 0 Å². The quantitative estimate of drug-likeness (QED) is 0.191. The summed E-state index contributed by atoms with van der Waals surface area (Å²) in [6.07, 6.45) is 9.73. The van der Waals surface area contributed by atoms with Gasteiger partial charge in [-0.2, -0.15) is 0 Å². The molecule has 7 rings (SSSR count). The summed E-state index contributed by atoms with van der Waals surface area (Å²) >= 11 is 6.31. The minimum absolute atomic E-state index is 0.172. The molecule has 8 nitrogen and oxygen atoms in total. The highest BCUT2D eigenvalue weighted by Crippen LogP contribution is 2.58. The molecule has 1 unspecified atom stereocenters. The minimum Gasteiger partial charge on any atom is -0.493 e. The van der Waals surface area contributed by atoms with Gasteiger partial charge < -0.3 is 29.5 Å². The van der Waals surface area contributed by atoms with E-state index >= 15 is 0 Å². The molecule has 2 N–H and O–H groups in total. The summed E-state index contributed by atoms with van der Waals surface area (Å²) in [6.45, 7) is 13.9. The molecule has 4 atom stereocenters. The highest BCUT2D eigenvalue weighted by molar-refractivity contribution is 6.30. The second-order valence-electron chi connectivity index (χ2n) is 16.1. The van der Waals surface area contributed by atoms with E-state index in [4.69, 9.17) is 25.8 Å². The number of hydrogen-bond donors (Lipinski definition) is 2. The van der Waals surface area contributed by atoms with Crippen LogP contribution in [0.25, 0.3) is 0 Å². The maximum absolute atomic E-state index is 13.0. The van der Waals surface area contributed by atoms with E-state index in [-0.39, 0.29) is 5.41 Å². The smallest absolute Gasteiger partial charge is 0.329 e. The Kier molecular flexibility index (Phi) is 11.0. The van der Waals surface area contributed by atoms with Crippen LogP contribution in [0.5, 0.6) is 17.2 Å². The van der Waals surface area contributed by atoms with Crippen LogP contribution < -0.4 is 19.5 Å². The van der Waals surface area contributed by atoms with Gasteiger partial charge in [-0.25, -0.2) is 4.79 Å². The third kappa shape index (κ3) is 7.35. The lowest BCUT2D eigenvalue weighted by Crippen LogP contribution is -2.53. The molecule has 4 aliphatic rings. The summed E-state index contributed by atoms with van der Waals surface area (Å²) < 4.78 is 19.6. The molecule has 1 saturated carbocycles. The standard InChI is InChI=1S/C43H56ClN3O5/c1-5-47(6-2)24-30-26-51-38-21-31-20-32(19-28(3)25-50-37-13-18-45-36-12-7-9-29(4)40(36)37)42(35(31)23-39(38)52-27-30)14-16-43(17-15-42,41(48)49)46-34-11-8-10-33(44)22-34/h8,10-11,13,18,21-23,28-30,32,46H,5-7,9,12,14-17,19-20,24-27H2,1-4H3,(H,48,49)/t28-,29-,30?,32+,42?,43?/m1/s1. The Morgan fingerprint density at radius 2 is 1.85 bits per heavy atom. The molecule has 0 saturated heterocycles. The van der Waals surface area contributed by atoms with Gasteiger partial charge in [0.15, 0.2) is 11.5 Å². The van der Waals surface area contributed by atoms with Crippen molar-refractivity contribution in [2.75, 3.05) is 44.8 Å². The molecule has 1 aromatic heterocycles. The Hall–Kier alpha value is -3.49. The summed E-state index contributed by atoms with van der Waals surface area (Å²) in [4.78, 5) is 20.2. The molecule has 0 bridgehead atoms. The van der Waals surface area contributed by atoms with E-state index in [0.29, 0.717) is 61.4 Å². The molecule has 280 valence electrons. The summed E-state index contributed by atoms with van der Waals surface area (Å²) in [7, 11) is 0. The maximum Gasteiger partial charge on any atom is 0.329 e. The third-order valence-corrected chi connectivity index (χ3v) is 12.9. The van der Waals surface area contributed by atoms with E-state index in [1.165, 1.54) is 35.2 Å². The number of fused-ring (bicyclic) bond motifs is 4. The van der Waals surface area contributed by atoms with E-state index in [9.17, 15) is 9.90 Å². The molecule has 0 radical (unpaired) electrons. The van der Waals surface area contributed by atoms with Crippen LogP contribution in [0, 0.1) is 17.8 Å². The van der Waals surface area contributed by atoms with Crippen LogP contribution in [0.15, 0.2) is 48.7 Å². The Morgan fingerprint density at radius 3 is 2.56 bits per heavy atom. The van der Waals surface area contributed by atoms with Crippen molar-refractivity contribution in [1.82, 2.24) is 9.88 Å². The highest BCUT2D eigenvalue weighted by Gasteiger charge is 2.54. The summed E-state index contributed by atoms with van der Waals surface area (Å²) in [6, 6.07) is 13.9. The van der Waals surface area contributed by atoms with Gasteiger partial charge in [-0.05, 0) is 142 Å². The van der Waals surface area contributed by atoms with Gasteiger partial charge in [0.05, 0.1) is 19.8 Å². The molecule has 52 heavy (non-hydrogen) atoms. The first-order valence-electron chi connectivity index (χ1n) is 19.7. The van der Waals surface area contributed by atoms with E-state index in [1.54, 1.807) is 0 Å². The minimum atomic E-state index is -1.07. The number of pyridine rings is 1. The lowest BCUT2D eigenvalue weighted by atomic mass is 9.59. The predicted molar refractivity (Wildman–Crippen MR) is 206 cm³/mol. The monoisotopic (exact) mass is 729 g/mol. The van der Waals surface area contributed by atoms with Crippen molar-refractivity contribution in [3.8, 4) is 17.2 Å². The zero-order valence-electron chi connectivity index (χ0n) is 31.4. The van der Waals surface area contributed by atoms with Crippen LogP contribution in [-0.4, -0.2) is 66.0 Å². The molecule has 1 aliphatic heterocycles. The topological polar surface area (TPSA) is 93.2 Å². The number of aromatic nitrogens is 1. The zero-order chi connectivity index (χ0) is 36.5. The largest absolute Gasteiger partial charge is 0.493 e. The number of carboxylic acids is 1. The molecule has 9 heteroatoms. The molecule has 2 heterocycles. The fourth-order valence-corrected chi connectivity index (χ4v) is 9.95.